The van der Waals surface area contributed by atoms with Gasteiger partial charge in [-0.1, -0.05) is 18.2 Å². The van der Waals surface area contributed by atoms with Crippen molar-refractivity contribution in [3.05, 3.63) is 53.3 Å². The topological polar surface area (TPSA) is 83.5 Å². The maximum Gasteiger partial charge on any atom is 0.253 e. The van der Waals surface area contributed by atoms with E-state index in [1.54, 1.807) is 23.2 Å². The lowest BCUT2D eigenvalue weighted by molar-refractivity contribution is 0.0791. The van der Waals surface area contributed by atoms with Crippen LogP contribution < -0.4 is 4.90 Å². The largest absolute Gasteiger partial charge is 0.341 e. The van der Waals surface area contributed by atoms with Crippen LogP contribution in [0.3, 0.4) is 0 Å². The van der Waals surface area contributed by atoms with Gasteiger partial charge in [-0.3, -0.25) is 4.79 Å². The molecule has 2 fully saturated rings. The number of anilines is 1. The number of nitrogens with zero attached hydrogens (tertiary/aromatic N) is 4. The second kappa shape index (κ2) is 6.55. The number of aromatic nitrogens is 2. The van der Waals surface area contributed by atoms with Crippen molar-refractivity contribution in [2.24, 2.45) is 0 Å². The first kappa shape index (κ1) is 17.6. The Balaban J connectivity index is 1.49. The SMILES string of the molecule is O=C(c1ccccc1)N1C[C@H]2c3nc(N4CCCC4)ncc3CS(=O)(=O)[C@H]2C1. The molecule has 4 heterocycles. The fraction of sp³-hybridized carbons (Fsp3) is 0.450. The van der Waals surface area contributed by atoms with E-state index in [1.807, 2.05) is 18.2 Å². The molecule has 3 aliphatic rings. The highest BCUT2D eigenvalue weighted by Crippen LogP contribution is 2.40. The van der Waals surface area contributed by atoms with Crippen molar-refractivity contribution in [3.63, 3.8) is 0 Å². The molecule has 0 radical (unpaired) electrons. The summed E-state index contributed by atoms with van der Waals surface area (Å²) in [4.78, 5) is 25.9. The summed E-state index contributed by atoms with van der Waals surface area (Å²) in [5, 5.41) is -0.589. The number of likely N-dealkylation sites (tertiary alicyclic amines) is 1. The molecule has 28 heavy (non-hydrogen) atoms. The van der Waals surface area contributed by atoms with Crippen LogP contribution in [0.4, 0.5) is 5.95 Å². The van der Waals surface area contributed by atoms with E-state index in [2.05, 4.69) is 9.88 Å². The van der Waals surface area contributed by atoms with E-state index in [0.717, 1.165) is 31.6 Å². The number of fused-ring (bicyclic) bond motifs is 3. The number of rotatable bonds is 2. The summed E-state index contributed by atoms with van der Waals surface area (Å²) >= 11 is 0. The van der Waals surface area contributed by atoms with Crippen molar-refractivity contribution in [2.45, 2.75) is 29.8 Å². The predicted octanol–water partition coefficient (Wildman–Crippen LogP) is 1.61. The Labute approximate surface area is 164 Å². The fourth-order valence-corrected chi connectivity index (χ4v) is 6.56. The Kier molecular flexibility index (Phi) is 4.12. The maximum atomic E-state index is 12.9. The molecule has 2 aromatic rings. The molecule has 5 rings (SSSR count). The number of benzene rings is 1. The van der Waals surface area contributed by atoms with Crippen LogP contribution in [0.15, 0.2) is 36.5 Å². The second-order valence-corrected chi connectivity index (χ2v) is 10.0. The highest BCUT2D eigenvalue weighted by molar-refractivity contribution is 7.91. The van der Waals surface area contributed by atoms with Gasteiger partial charge in [0.15, 0.2) is 9.84 Å². The smallest absolute Gasteiger partial charge is 0.253 e. The fourth-order valence-electron chi connectivity index (χ4n) is 4.57. The van der Waals surface area contributed by atoms with Gasteiger partial charge >= 0.3 is 0 Å². The number of sulfone groups is 1. The molecule has 2 atom stereocenters. The van der Waals surface area contributed by atoms with Crippen LogP contribution in [-0.4, -0.2) is 60.6 Å². The summed E-state index contributed by atoms with van der Waals surface area (Å²) in [6.07, 6.45) is 3.92. The van der Waals surface area contributed by atoms with Crippen LogP contribution in [0.5, 0.6) is 0 Å². The van der Waals surface area contributed by atoms with E-state index in [9.17, 15) is 13.2 Å². The van der Waals surface area contributed by atoms with E-state index in [4.69, 9.17) is 4.98 Å². The lowest BCUT2D eigenvalue weighted by Crippen LogP contribution is -2.36. The molecule has 0 bridgehead atoms. The molecule has 146 valence electrons. The molecular formula is C20H22N4O3S. The highest BCUT2D eigenvalue weighted by atomic mass is 32.2. The molecule has 0 N–H and O–H groups in total. The molecule has 2 saturated heterocycles. The molecular weight excluding hydrogens is 376 g/mol. The summed E-state index contributed by atoms with van der Waals surface area (Å²) in [5.41, 5.74) is 2.07. The van der Waals surface area contributed by atoms with Crippen LogP contribution in [0.2, 0.25) is 0 Å². The van der Waals surface area contributed by atoms with E-state index >= 15 is 0 Å². The van der Waals surface area contributed by atoms with Crippen molar-refractivity contribution in [1.82, 2.24) is 14.9 Å². The zero-order chi connectivity index (χ0) is 19.3. The first-order valence-corrected chi connectivity index (χ1v) is 11.4. The van der Waals surface area contributed by atoms with Crippen molar-refractivity contribution < 1.29 is 13.2 Å². The molecule has 1 aromatic heterocycles. The third-order valence-electron chi connectivity index (χ3n) is 6.02. The van der Waals surface area contributed by atoms with Crippen molar-refractivity contribution in [2.75, 3.05) is 31.1 Å². The van der Waals surface area contributed by atoms with Crippen molar-refractivity contribution in [1.29, 1.82) is 0 Å². The van der Waals surface area contributed by atoms with E-state index < -0.39 is 15.1 Å². The van der Waals surface area contributed by atoms with E-state index in [1.165, 1.54) is 0 Å². The summed E-state index contributed by atoms with van der Waals surface area (Å²) < 4.78 is 25.7. The monoisotopic (exact) mass is 398 g/mol. The second-order valence-electron chi connectivity index (χ2n) is 7.80. The van der Waals surface area contributed by atoms with Crippen LogP contribution in [0, 0.1) is 0 Å². The van der Waals surface area contributed by atoms with Gasteiger partial charge in [0, 0.05) is 49.4 Å². The molecule has 0 spiro atoms. The average molecular weight is 398 g/mol. The van der Waals surface area contributed by atoms with E-state index in [0.29, 0.717) is 23.6 Å². The average Bonchev–Trinajstić information content (AvgIpc) is 3.38. The zero-order valence-electron chi connectivity index (χ0n) is 15.5. The predicted molar refractivity (Wildman–Crippen MR) is 105 cm³/mol. The molecule has 1 aromatic carbocycles. The number of amides is 1. The van der Waals surface area contributed by atoms with Gasteiger partial charge in [0.25, 0.3) is 5.91 Å². The molecule has 1 amide bonds. The highest BCUT2D eigenvalue weighted by Gasteiger charge is 2.48. The number of carbonyl (C=O) groups excluding carboxylic acids is 1. The molecule has 3 aliphatic heterocycles. The lowest BCUT2D eigenvalue weighted by atomic mass is 10.00. The Morgan fingerprint density at radius 2 is 1.82 bits per heavy atom. The van der Waals surface area contributed by atoms with Crippen molar-refractivity contribution >= 4 is 21.7 Å². The molecule has 0 unspecified atom stereocenters. The summed E-state index contributed by atoms with van der Waals surface area (Å²) in [6.45, 7) is 2.47. The first-order chi connectivity index (χ1) is 13.5. The van der Waals surface area contributed by atoms with Gasteiger partial charge in [-0.2, -0.15) is 0 Å². The van der Waals surface area contributed by atoms with Gasteiger partial charge in [-0.15, -0.1) is 0 Å². The number of hydrogen-bond acceptors (Lipinski definition) is 6. The lowest BCUT2D eigenvalue weighted by Gasteiger charge is -2.27. The van der Waals surface area contributed by atoms with E-state index in [-0.39, 0.29) is 24.1 Å². The van der Waals surface area contributed by atoms with Gasteiger partial charge in [-0.05, 0) is 25.0 Å². The van der Waals surface area contributed by atoms with Gasteiger partial charge in [0.2, 0.25) is 5.95 Å². The minimum Gasteiger partial charge on any atom is -0.341 e. The Morgan fingerprint density at radius 3 is 2.57 bits per heavy atom. The van der Waals surface area contributed by atoms with Crippen LogP contribution in [0.25, 0.3) is 0 Å². The minimum atomic E-state index is -3.34. The summed E-state index contributed by atoms with van der Waals surface area (Å²) in [7, 11) is -3.34. The molecule has 0 saturated carbocycles. The molecule has 8 heteroatoms. The summed E-state index contributed by atoms with van der Waals surface area (Å²) in [5.74, 6) is 0.227. The number of hydrogen-bond donors (Lipinski definition) is 0. The molecule has 7 nitrogen and oxygen atoms in total. The van der Waals surface area contributed by atoms with Gasteiger partial charge in [-0.25, -0.2) is 18.4 Å². The third kappa shape index (κ3) is 2.87. The van der Waals surface area contributed by atoms with Crippen LogP contribution >= 0.6 is 0 Å². The Hall–Kier alpha value is -2.48. The Bertz CT molecular complexity index is 1020. The molecule has 0 aliphatic carbocycles. The minimum absolute atomic E-state index is 0.0445. The normalized spacial score (nSPS) is 25.4. The van der Waals surface area contributed by atoms with Gasteiger partial charge < -0.3 is 9.80 Å². The van der Waals surface area contributed by atoms with Crippen LogP contribution in [-0.2, 0) is 15.6 Å². The van der Waals surface area contributed by atoms with Crippen LogP contribution in [0.1, 0.15) is 40.4 Å². The third-order valence-corrected chi connectivity index (χ3v) is 8.13. The zero-order valence-corrected chi connectivity index (χ0v) is 16.3. The standard InChI is InChI=1S/C20H22N4O3S/c25-19(14-6-2-1-3-7-14)24-11-16-17(12-24)28(26,27)13-15-10-21-20(22-18(15)16)23-8-4-5-9-23/h1-3,6-7,10,16-17H,4-5,8-9,11-13H2/t16-,17+/m1/s1. The van der Waals surface area contributed by atoms with Gasteiger partial charge in [0.05, 0.1) is 16.7 Å². The Morgan fingerprint density at radius 1 is 1.07 bits per heavy atom. The summed E-state index contributed by atoms with van der Waals surface area (Å²) in [6, 6.07) is 9.02. The number of carbonyl (C=O) groups is 1. The first-order valence-electron chi connectivity index (χ1n) is 9.69. The maximum absolute atomic E-state index is 12.9. The quantitative estimate of drug-likeness (QED) is 0.764. The van der Waals surface area contributed by atoms with Crippen molar-refractivity contribution in [3.8, 4) is 0 Å². The van der Waals surface area contributed by atoms with Gasteiger partial charge in [0.1, 0.15) is 0 Å².